The highest BCUT2D eigenvalue weighted by atomic mass is 35.5. The van der Waals surface area contributed by atoms with Gasteiger partial charge in [-0.25, -0.2) is 0 Å². The van der Waals surface area contributed by atoms with Crippen molar-refractivity contribution in [3.63, 3.8) is 0 Å². The van der Waals surface area contributed by atoms with Crippen LogP contribution in [0.1, 0.15) is 23.7 Å². The van der Waals surface area contributed by atoms with Crippen LogP contribution in [0.3, 0.4) is 0 Å². The molecule has 4 nitrogen and oxygen atoms in total. The summed E-state index contributed by atoms with van der Waals surface area (Å²) in [6.07, 6.45) is 0.897. The van der Waals surface area contributed by atoms with Gasteiger partial charge in [-0.15, -0.1) is 0 Å². The van der Waals surface area contributed by atoms with Gasteiger partial charge >= 0.3 is 0 Å². The van der Waals surface area contributed by atoms with E-state index >= 15 is 0 Å². The van der Waals surface area contributed by atoms with Crippen LogP contribution in [0.2, 0.25) is 5.02 Å². The van der Waals surface area contributed by atoms with Crippen molar-refractivity contribution in [1.82, 2.24) is 0 Å². The molecule has 5 heteroatoms. The molecular formula is C16H17ClN2O2. The molecule has 0 spiro atoms. The van der Waals surface area contributed by atoms with Gasteiger partial charge < -0.3 is 15.8 Å². The van der Waals surface area contributed by atoms with E-state index in [-0.39, 0.29) is 5.91 Å². The van der Waals surface area contributed by atoms with E-state index in [4.69, 9.17) is 22.1 Å². The van der Waals surface area contributed by atoms with E-state index in [0.717, 1.165) is 6.42 Å². The summed E-state index contributed by atoms with van der Waals surface area (Å²) < 4.78 is 5.48. The van der Waals surface area contributed by atoms with E-state index in [2.05, 4.69) is 5.32 Å². The number of rotatable bonds is 5. The first-order valence-electron chi connectivity index (χ1n) is 6.70. The number of amides is 1. The fourth-order valence-corrected chi connectivity index (χ4v) is 1.97. The third-order valence-electron chi connectivity index (χ3n) is 2.86. The number of benzene rings is 2. The summed E-state index contributed by atoms with van der Waals surface area (Å²) in [5.74, 6) is 0.322. The maximum atomic E-state index is 12.2. The molecule has 110 valence electrons. The minimum absolute atomic E-state index is 0.267. The molecule has 0 bridgehead atoms. The monoisotopic (exact) mass is 304 g/mol. The second-order valence-corrected chi connectivity index (χ2v) is 4.94. The molecule has 3 N–H and O–H groups in total. The first-order chi connectivity index (χ1) is 10.1. The van der Waals surface area contributed by atoms with Crippen LogP contribution in [0.15, 0.2) is 42.5 Å². The Labute approximate surface area is 128 Å². The highest BCUT2D eigenvalue weighted by Crippen LogP contribution is 2.25. The number of nitrogens with two attached hydrogens (primary N) is 1. The molecule has 0 aromatic heterocycles. The number of carbonyl (C=O) groups excluding carboxylic acids is 1. The van der Waals surface area contributed by atoms with Crippen LogP contribution in [-0.2, 0) is 0 Å². The number of ether oxygens (including phenoxy) is 1. The summed E-state index contributed by atoms with van der Waals surface area (Å²) in [4.78, 5) is 12.2. The van der Waals surface area contributed by atoms with E-state index in [0.29, 0.717) is 34.3 Å². The van der Waals surface area contributed by atoms with Crippen LogP contribution < -0.4 is 15.8 Å². The van der Waals surface area contributed by atoms with Crippen LogP contribution in [-0.4, -0.2) is 12.5 Å². The molecule has 0 aliphatic heterocycles. The summed E-state index contributed by atoms with van der Waals surface area (Å²) >= 11 is 6.01. The number of para-hydroxylation sites is 1. The van der Waals surface area contributed by atoms with Crippen molar-refractivity contribution in [3.05, 3.63) is 53.1 Å². The summed E-state index contributed by atoms with van der Waals surface area (Å²) in [5.41, 5.74) is 7.35. The van der Waals surface area contributed by atoms with E-state index in [9.17, 15) is 4.79 Å². The zero-order valence-corrected chi connectivity index (χ0v) is 12.5. The zero-order chi connectivity index (χ0) is 15.2. The molecule has 0 heterocycles. The van der Waals surface area contributed by atoms with E-state index < -0.39 is 0 Å². The maximum Gasteiger partial charge on any atom is 0.255 e. The van der Waals surface area contributed by atoms with Gasteiger partial charge in [-0.05, 0) is 36.8 Å². The fraction of sp³-hybridized carbons (Fsp3) is 0.188. The third kappa shape index (κ3) is 3.89. The Morgan fingerprint density at radius 1 is 1.29 bits per heavy atom. The number of carbonyl (C=O) groups is 1. The number of hydrogen-bond acceptors (Lipinski definition) is 3. The average molecular weight is 305 g/mol. The standard InChI is InChI=1S/C16H17ClN2O2/c1-2-9-21-15-8-7-11(10-13(15)18)16(20)19-14-6-4-3-5-12(14)17/h3-8,10H,2,9,18H2,1H3,(H,19,20). The Balaban J connectivity index is 2.13. The fourth-order valence-electron chi connectivity index (χ4n) is 1.79. The molecule has 0 saturated heterocycles. The predicted molar refractivity (Wildman–Crippen MR) is 86.0 cm³/mol. The van der Waals surface area contributed by atoms with Crippen molar-refractivity contribution >= 4 is 28.9 Å². The first-order valence-corrected chi connectivity index (χ1v) is 7.08. The minimum Gasteiger partial charge on any atom is -0.491 e. The Morgan fingerprint density at radius 2 is 2.05 bits per heavy atom. The SMILES string of the molecule is CCCOc1ccc(C(=O)Nc2ccccc2Cl)cc1N. The van der Waals surface area contributed by atoms with Crippen molar-refractivity contribution in [2.45, 2.75) is 13.3 Å². The van der Waals surface area contributed by atoms with E-state index in [1.54, 1.807) is 42.5 Å². The molecule has 0 fully saturated rings. The van der Waals surface area contributed by atoms with Gasteiger partial charge in [-0.1, -0.05) is 30.7 Å². The molecule has 1 amide bonds. The predicted octanol–water partition coefficient (Wildman–Crippen LogP) is 3.96. The van der Waals surface area contributed by atoms with Gasteiger partial charge in [0.15, 0.2) is 0 Å². The topological polar surface area (TPSA) is 64.3 Å². The second-order valence-electron chi connectivity index (χ2n) is 4.54. The number of hydrogen-bond donors (Lipinski definition) is 2. The van der Waals surface area contributed by atoms with Crippen molar-refractivity contribution in [3.8, 4) is 5.75 Å². The first kappa shape index (κ1) is 15.2. The molecular weight excluding hydrogens is 288 g/mol. The molecule has 2 rings (SSSR count). The Morgan fingerprint density at radius 3 is 2.71 bits per heavy atom. The zero-order valence-electron chi connectivity index (χ0n) is 11.7. The summed E-state index contributed by atoms with van der Waals surface area (Å²) in [5, 5.41) is 3.24. The molecule has 0 aliphatic rings. The third-order valence-corrected chi connectivity index (χ3v) is 3.19. The van der Waals surface area contributed by atoms with Gasteiger partial charge in [0.25, 0.3) is 5.91 Å². The van der Waals surface area contributed by atoms with Crippen molar-refractivity contribution in [2.24, 2.45) is 0 Å². The van der Waals surface area contributed by atoms with E-state index in [1.165, 1.54) is 0 Å². The molecule has 0 atom stereocenters. The molecule has 2 aromatic rings. The van der Waals surface area contributed by atoms with Crippen LogP contribution in [0.5, 0.6) is 5.75 Å². The van der Waals surface area contributed by atoms with E-state index in [1.807, 2.05) is 6.92 Å². The summed E-state index contributed by atoms with van der Waals surface area (Å²) in [6, 6.07) is 12.0. The lowest BCUT2D eigenvalue weighted by molar-refractivity contribution is 0.102. The number of nitrogens with one attached hydrogen (secondary N) is 1. The van der Waals surface area contributed by atoms with Crippen LogP contribution >= 0.6 is 11.6 Å². The highest BCUT2D eigenvalue weighted by molar-refractivity contribution is 6.33. The Hall–Kier alpha value is -2.20. The lowest BCUT2D eigenvalue weighted by Gasteiger charge is -2.10. The minimum atomic E-state index is -0.267. The van der Waals surface area contributed by atoms with Gasteiger partial charge in [-0.3, -0.25) is 4.79 Å². The van der Waals surface area contributed by atoms with Crippen LogP contribution in [0.4, 0.5) is 11.4 Å². The number of anilines is 2. The lowest BCUT2D eigenvalue weighted by Crippen LogP contribution is -2.12. The van der Waals surface area contributed by atoms with Gasteiger partial charge in [-0.2, -0.15) is 0 Å². The van der Waals surface area contributed by atoms with Gasteiger partial charge in [0, 0.05) is 5.56 Å². The lowest BCUT2D eigenvalue weighted by atomic mass is 10.1. The number of halogens is 1. The van der Waals surface area contributed by atoms with Gasteiger partial charge in [0.2, 0.25) is 0 Å². The molecule has 0 aliphatic carbocycles. The average Bonchev–Trinajstić information content (AvgIpc) is 2.48. The number of nitrogen functional groups attached to an aromatic ring is 1. The Bertz CT molecular complexity index is 644. The molecule has 0 saturated carbocycles. The largest absolute Gasteiger partial charge is 0.491 e. The van der Waals surface area contributed by atoms with Gasteiger partial charge in [0.1, 0.15) is 5.75 Å². The molecule has 0 radical (unpaired) electrons. The van der Waals surface area contributed by atoms with Crippen molar-refractivity contribution in [2.75, 3.05) is 17.7 Å². The molecule has 21 heavy (non-hydrogen) atoms. The summed E-state index contributed by atoms with van der Waals surface area (Å²) in [6.45, 7) is 2.61. The highest BCUT2D eigenvalue weighted by Gasteiger charge is 2.10. The quantitative estimate of drug-likeness (QED) is 0.822. The van der Waals surface area contributed by atoms with Crippen LogP contribution in [0.25, 0.3) is 0 Å². The molecule has 0 unspecified atom stereocenters. The maximum absolute atomic E-state index is 12.2. The molecule has 2 aromatic carbocycles. The Kier molecular flexibility index (Phi) is 5.06. The van der Waals surface area contributed by atoms with Crippen LogP contribution in [0, 0.1) is 0 Å². The smallest absolute Gasteiger partial charge is 0.255 e. The normalized spacial score (nSPS) is 10.2. The van der Waals surface area contributed by atoms with Crippen molar-refractivity contribution < 1.29 is 9.53 Å². The van der Waals surface area contributed by atoms with Crippen molar-refractivity contribution in [1.29, 1.82) is 0 Å². The van der Waals surface area contributed by atoms with Gasteiger partial charge in [0.05, 0.1) is 23.0 Å². The summed E-state index contributed by atoms with van der Waals surface area (Å²) in [7, 11) is 0. The second kappa shape index (κ2) is 6.99.